The highest BCUT2D eigenvalue weighted by Crippen LogP contribution is 2.40. The molecule has 3 rings (SSSR count). The second-order valence-corrected chi connectivity index (χ2v) is 8.87. The van der Waals surface area contributed by atoms with Crippen molar-refractivity contribution < 1.29 is 4.39 Å². The summed E-state index contributed by atoms with van der Waals surface area (Å²) in [6.07, 6.45) is 18.4. The van der Waals surface area contributed by atoms with Crippen LogP contribution in [0.5, 0.6) is 0 Å². The molecule has 1 aromatic carbocycles. The largest absolute Gasteiger partial charge is 0.216 e. The molecule has 0 aliphatic heterocycles. The molecule has 2 fully saturated rings. The zero-order valence-electron chi connectivity index (χ0n) is 16.6. The van der Waals surface area contributed by atoms with Gasteiger partial charge in [0.2, 0.25) is 0 Å². The second kappa shape index (κ2) is 10.3. The van der Waals surface area contributed by atoms with Crippen molar-refractivity contribution in [3.8, 4) is 0 Å². The molecular formula is C25H37F. The number of allylic oxidation sites excluding steroid dienone is 1. The molecule has 0 nitrogen and oxygen atoms in total. The Hall–Kier alpha value is -1.11. The second-order valence-electron chi connectivity index (χ2n) is 8.87. The molecule has 0 heterocycles. The van der Waals surface area contributed by atoms with Crippen LogP contribution in [0.25, 0.3) is 0 Å². The standard InChI is InChI=1S/C25H37F/c1-2-20-11-15-24(16-12-20)25-17-13-23(14-18-25)10-9-22-7-5-21(6-8-22)4-3-19-26/h3,11-12,15-16,19,21-23,25H,2,4-10,13-14,17-18H2,1H3/b19-3+. The SMILES string of the molecule is CCc1ccc(C2CCC(CCC3CCC(C/C=C/F)CC3)CC2)cc1. The van der Waals surface area contributed by atoms with Crippen molar-refractivity contribution in [2.24, 2.45) is 17.8 Å². The van der Waals surface area contributed by atoms with Gasteiger partial charge in [0.15, 0.2) is 0 Å². The maximum absolute atomic E-state index is 12.1. The van der Waals surface area contributed by atoms with E-state index in [4.69, 9.17) is 0 Å². The van der Waals surface area contributed by atoms with Gasteiger partial charge in [0.25, 0.3) is 0 Å². The topological polar surface area (TPSA) is 0 Å². The summed E-state index contributed by atoms with van der Waals surface area (Å²) >= 11 is 0. The fourth-order valence-electron chi connectivity index (χ4n) is 5.28. The molecule has 0 bridgehead atoms. The zero-order chi connectivity index (χ0) is 18.2. The average Bonchev–Trinajstić information content (AvgIpc) is 2.72. The third-order valence-electron chi connectivity index (χ3n) is 7.21. The van der Waals surface area contributed by atoms with Crippen LogP contribution in [0.2, 0.25) is 0 Å². The predicted octanol–water partition coefficient (Wildman–Crippen LogP) is 7.98. The molecule has 144 valence electrons. The Morgan fingerprint density at radius 2 is 1.35 bits per heavy atom. The molecule has 2 aliphatic carbocycles. The summed E-state index contributed by atoms with van der Waals surface area (Å²) in [5, 5.41) is 0. The fraction of sp³-hybridized carbons (Fsp3) is 0.680. The van der Waals surface area contributed by atoms with Gasteiger partial charge < -0.3 is 0 Å². The van der Waals surface area contributed by atoms with Crippen molar-refractivity contribution in [3.63, 3.8) is 0 Å². The number of aryl methyl sites for hydroxylation is 1. The van der Waals surface area contributed by atoms with Gasteiger partial charge in [0, 0.05) is 0 Å². The summed E-state index contributed by atoms with van der Waals surface area (Å²) in [5.74, 6) is 3.46. The third-order valence-corrected chi connectivity index (χ3v) is 7.21. The minimum atomic E-state index is 0.723. The molecule has 0 N–H and O–H groups in total. The molecule has 0 spiro atoms. The van der Waals surface area contributed by atoms with Crippen LogP contribution < -0.4 is 0 Å². The van der Waals surface area contributed by atoms with Gasteiger partial charge in [-0.3, -0.25) is 0 Å². The number of hydrogen-bond donors (Lipinski definition) is 0. The quantitative estimate of drug-likeness (QED) is 0.464. The van der Waals surface area contributed by atoms with Crippen LogP contribution >= 0.6 is 0 Å². The number of halogens is 1. The Morgan fingerprint density at radius 3 is 1.88 bits per heavy atom. The molecule has 1 aromatic rings. The van der Waals surface area contributed by atoms with Gasteiger partial charge in [-0.25, -0.2) is 4.39 Å². The molecule has 2 saturated carbocycles. The lowest BCUT2D eigenvalue weighted by Crippen LogP contribution is -2.17. The van der Waals surface area contributed by atoms with Gasteiger partial charge in [-0.05, 0) is 86.2 Å². The Bertz CT molecular complexity index is 528. The zero-order valence-corrected chi connectivity index (χ0v) is 16.6. The molecule has 26 heavy (non-hydrogen) atoms. The van der Waals surface area contributed by atoms with Crippen LogP contribution in [0.1, 0.15) is 94.6 Å². The van der Waals surface area contributed by atoms with E-state index in [9.17, 15) is 4.39 Å². The summed E-state index contributed by atoms with van der Waals surface area (Å²) in [6, 6.07) is 9.39. The predicted molar refractivity (Wildman–Crippen MR) is 110 cm³/mol. The minimum Gasteiger partial charge on any atom is -0.216 e. The molecule has 0 saturated heterocycles. The van der Waals surface area contributed by atoms with E-state index in [-0.39, 0.29) is 0 Å². The highest BCUT2D eigenvalue weighted by Gasteiger charge is 2.25. The van der Waals surface area contributed by atoms with E-state index >= 15 is 0 Å². The van der Waals surface area contributed by atoms with Crippen LogP contribution in [0.4, 0.5) is 4.39 Å². The van der Waals surface area contributed by atoms with Crippen LogP contribution in [-0.4, -0.2) is 0 Å². The summed E-state index contributed by atoms with van der Waals surface area (Å²) in [7, 11) is 0. The molecular weight excluding hydrogens is 319 g/mol. The highest BCUT2D eigenvalue weighted by molar-refractivity contribution is 5.25. The van der Waals surface area contributed by atoms with Crippen LogP contribution in [0.15, 0.2) is 36.7 Å². The smallest absolute Gasteiger partial charge is 0.0827 e. The molecule has 0 amide bonds. The Kier molecular flexibility index (Phi) is 7.77. The third kappa shape index (κ3) is 5.69. The molecule has 0 aromatic heterocycles. The van der Waals surface area contributed by atoms with Crippen molar-refractivity contribution in [3.05, 3.63) is 47.8 Å². The summed E-state index contributed by atoms with van der Waals surface area (Å²) in [6.45, 7) is 2.23. The summed E-state index contributed by atoms with van der Waals surface area (Å²) in [5.41, 5.74) is 3.03. The van der Waals surface area contributed by atoms with E-state index in [0.717, 1.165) is 42.8 Å². The first-order valence-corrected chi connectivity index (χ1v) is 11.1. The molecule has 0 radical (unpaired) electrons. The first kappa shape index (κ1) is 19.6. The van der Waals surface area contributed by atoms with Gasteiger partial charge in [-0.2, -0.15) is 0 Å². The summed E-state index contributed by atoms with van der Waals surface area (Å²) in [4.78, 5) is 0. The highest BCUT2D eigenvalue weighted by atomic mass is 19.1. The van der Waals surface area contributed by atoms with E-state index in [1.165, 1.54) is 69.8 Å². The van der Waals surface area contributed by atoms with Gasteiger partial charge in [-0.1, -0.05) is 62.9 Å². The Balaban J connectivity index is 1.34. The van der Waals surface area contributed by atoms with E-state index in [2.05, 4.69) is 31.2 Å². The van der Waals surface area contributed by atoms with Crippen molar-refractivity contribution in [1.82, 2.24) is 0 Å². The maximum Gasteiger partial charge on any atom is 0.0827 e. The van der Waals surface area contributed by atoms with Crippen LogP contribution in [-0.2, 0) is 6.42 Å². The lowest BCUT2D eigenvalue weighted by atomic mass is 9.74. The molecule has 2 aliphatic rings. The van der Waals surface area contributed by atoms with Gasteiger partial charge in [-0.15, -0.1) is 0 Å². The molecule has 0 atom stereocenters. The van der Waals surface area contributed by atoms with E-state index in [1.54, 1.807) is 11.6 Å². The lowest BCUT2D eigenvalue weighted by Gasteiger charge is -2.32. The maximum atomic E-state index is 12.1. The Morgan fingerprint density at radius 1 is 0.808 bits per heavy atom. The minimum absolute atomic E-state index is 0.723. The van der Waals surface area contributed by atoms with Crippen molar-refractivity contribution in [1.29, 1.82) is 0 Å². The van der Waals surface area contributed by atoms with Gasteiger partial charge >= 0.3 is 0 Å². The van der Waals surface area contributed by atoms with Crippen LogP contribution in [0.3, 0.4) is 0 Å². The summed E-state index contributed by atoms with van der Waals surface area (Å²) < 4.78 is 12.1. The van der Waals surface area contributed by atoms with Crippen molar-refractivity contribution >= 4 is 0 Å². The number of benzene rings is 1. The number of hydrogen-bond acceptors (Lipinski definition) is 0. The first-order valence-electron chi connectivity index (χ1n) is 11.1. The fourth-order valence-corrected chi connectivity index (χ4v) is 5.28. The molecule has 0 unspecified atom stereocenters. The van der Waals surface area contributed by atoms with Crippen molar-refractivity contribution in [2.45, 2.75) is 89.9 Å². The van der Waals surface area contributed by atoms with Gasteiger partial charge in [0.05, 0.1) is 6.33 Å². The van der Waals surface area contributed by atoms with Crippen molar-refractivity contribution in [2.75, 3.05) is 0 Å². The Labute approximate surface area is 160 Å². The average molecular weight is 357 g/mol. The van der Waals surface area contributed by atoms with Gasteiger partial charge in [0.1, 0.15) is 0 Å². The first-order chi connectivity index (χ1) is 12.8. The van der Waals surface area contributed by atoms with E-state index < -0.39 is 0 Å². The number of rotatable bonds is 7. The monoisotopic (exact) mass is 356 g/mol. The van der Waals surface area contributed by atoms with E-state index in [0.29, 0.717) is 0 Å². The van der Waals surface area contributed by atoms with E-state index in [1.807, 2.05) is 0 Å². The van der Waals surface area contributed by atoms with Crippen LogP contribution in [0, 0.1) is 17.8 Å². The normalized spacial score (nSPS) is 29.9. The lowest BCUT2D eigenvalue weighted by molar-refractivity contribution is 0.231. The molecule has 1 heteroatoms.